The number of hydrogen-bond donors (Lipinski definition) is 2. The van der Waals surface area contributed by atoms with Gasteiger partial charge in [-0.25, -0.2) is 0 Å². The first-order valence-electron chi connectivity index (χ1n) is 9.37. The van der Waals surface area contributed by atoms with E-state index in [1.54, 1.807) is 0 Å². The second kappa shape index (κ2) is 6.14. The molecule has 0 radical (unpaired) electrons. The van der Waals surface area contributed by atoms with Gasteiger partial charge in [0.05, 0.1) is 25.3 Å². The third-order valence-electron chi connectivity index (χ3n) is 7.15. The van der Waals surface area contributed by atoms with Crippen LogP contribution in [0.5, 0.6) is 0 Å². The third-order valence-corrected chi connectivity index (χ3v) is 7.15. The fourth-order valence-electron chi connectivity index (χ4n) is 5.54. The van der Waals surface area contributed by atoms with Gasteiger partial charge in [-0.05, 0) is 30.1 Å². The SMILES string of the molecule is C=CCC1NCC[N+]1(CCO)COC12CC(C)CCC1C2(C)C. The Balaban J connectivity index is 1.73. The standard InChI is InChI=1S/C19H35N2O2/c1-5-6-17-20-9-10-21(17,11-12-22)14-23-19-13-15(2)7-8-16(19)18(19,3)4/h5,15-17,20,22H,1,6-14H2,2-4H3/q+1. The molecule has 2 N–H and O–H groups in total. The zero-order valence-electron chi connectivity index (χ0n) is 15.2. The Bertz CT molecular complexity index is 453. The van der Waals surface area contributed by atoms with Crippen molar-refractivity contribution in [2.75, 3.05) is 33.0 Å². The molecule has 0 aromatic heterocycles. The smallest absolute Gasteiger partial charge is 0.185 e. The van der Waals surface area contributed by atoms with E-state index in [9.17, 15) is 5.11 Å². The molecule has 3 rings (SSSR count). The van der Waals surface area contributed by atoms with Gasteiger partial charge in [-0.2, -0.15) is 0 Å². The van der Waals surface area contributed by atoms with Gasteiger partial charge in [0.15, 0.2) is 6.73 Å². The van der Waals surface area contributed by atoms with E-state index in [1.165, 1.54) is 19.3 Å². The molecule has 2 saturated carbocycles. The van der Waals surface area contributed by atoms with Crippen LogP contribution in [-0.4, -0.2) is 54.3 Å². The summed E-state index contributed by atoms with van der Waals surface area (Å²) < 4.78 is 7.57. The molecule has 23 heavy (non-hydrogen) atoms. The summed E-state index contributed by atoms with van der Waals surface area (Å²) in [5.41, 5.74) is 0.384. The van der Waals surface area contributed by atoms with Crippen LogP contribution < -0.4 is 5.32 Å². The summed E-state index contributed by atoms with van der Waals surface area (Å²) in [5, 5.41) is 13.2. The van der Waals surface area contributed by atoms with E-state index in [0.717, 1.165) is 43.2 Å². The van der Waals surface area contributed by atoms with Crippen LogP contribution in [0.15, 0.2) is 12.7 Å². The monoisotopic (exact) mass is 323 g/mol. The minimum atomic E-state index is 0.0761. The number of aliphatic hydroxyl groups excluding tert-OH is 1. The first kappa shape index (κ1) is 17.4. The number of hydrogen-bond acceptors (Lipinski definition) is 3. The maximum Gasteiger partial charge on any atom is 0.185 e. The van der Waals surface area contributed by atoms with Gasteiger partial charge >= 0.3 is 0 Å². The molecule has 2 aliphatic carbocycles. The van der Waals surface area contributed by atoms with Crippen LogP contribution in [0.4, 0.5) is 0 Å². The van der Waals surface area contributed by atoms with Gasteiger partial charge in [-0.15, -0.1) is 6.58 Å². The predicted molar refractivity (Wildman–Crippen MR) is 92.7 cm³/mol. The average molecular weight is 324 g/mol. The Morgan fingerprint density at radius 3 is 2.87 bits per heavy atom. The largest absolute Gasteiger partial charge is 0.391 e. The van der Waals surface area contributed by atoms with Crippen molar-refractivity contribution in [3.05, 3.63) is 12.7 Å². The van der Waals surface area contributed by atoms with Crippen LogP contribution >= 0.6 is 0 Å². The summed E-state index contributed by atoms with van der Waals surface area (Å²) >= 11 is 0. The fraction of sp³-hybridized carbons (Fsp3) is 0.895. The molecule has 132 valence electrons. The lowest BCUT2D eigenvalue weighted by Gasteiger charge is -2.40. The molecule has 0 amide bonds. The lowest BCUT2D eigenvalue weighted by Crippen LogP contribution is -2.57. The molecule has 3 aliphatic rings. The summed E-state index contributed by atoms with van der Waals surface area (Å²) in [7, 11) is 0. The number of aliphatic hydroxyl groups is 1. The molecule has 4 heteroatoms. The minimum Gasteiger partial charge on any atom is -0.391 e. The van der Waals surface area contributed by atoms with Gasteiger partial charge < -0.3 is 9.84 Å². The van der Waals surface area contributed by atoms with Crippen molar-refractivity contribution in [1.82, 2.24) is 5.32 Å². The van der Waals surface area contributed by atoms with Crippen molar-refractivity contribution in [3.63, 3.8) is 0 Å². The zero-order chi connectivity index (χ0) is 16.7. The van der Waals surface area contributed by atoms with Crippen LogP contribution in [-0.2, 0) is 4.74 Å². The second-order valence-corrected chi connectivity index (χ2v) is 8.71. The molecule has 0 aromatic rings. The highest BCUT2D eigenvalue weighted by Gasteiger charge is 2.73. The van der Waals surface area contributed by atoms with Crippen molar-refractivity contribution in [3.8, 4) is 0 Å². The number of rotatable bonds is 7. The van der Waals surface area contributed by atoms with Crippen LogP contribution in [0, 0.1) is 17.3 Å². The lowest BCUT2D eigenvalue weighted by molar-refractivity contribution is -0.958. The lowest BCUT2D eigenvalue weighted by atomic mass is 9.88. The Hall–Kier alpha value is -0.420. The summed E-state index contributed by atoms with van der Waals surface area (Å²) in [6.45, 7) is 14.8. The van der Waals surface area contributed by atoms with E-state index in [0.29, 0.717) is 17.5 Å². The normalized spacial score (nSPS) is 44.8. The highest BCUT2D eigenvalue weighted by atomic mass is 16.5. The summed E-state index contributed by atoms with van der Waals surface area (Å²) in [6.07, 6.45) is 7.09. The molecule has 0 aromatic carbocycles. The molecule has 5 atom stereocenters. The van der Waals surface area contributed by atoms with Gasteiger partial charge in [0, 0.05) is 6.42 Å². The molecule has 0 bridgehead atoms. The van der Waals surface area contributed by atoms with E-state index in [1.807, 2.05) is 6.08 Å². The predicted octanol–water partition coefficient (Wildman–Crippen LogP) is 2.49. The van der Waals surface area contributed by atoms with E-state index >= 15 is 0 Å². The van der Waals surface area contributed by atoms with Gasteiger partial charge in [-0.3, -0.25) is 9.80 Å². The Morgan fingerprint density at radius 1 is 1.39 bits per heavy atom. The van der Waals surface area contributed by atoms with Gasteiger partial charge in [-0.1, -0.05) is 33.3 Å². The van der Waals surface area contributed by atoms with Gasteiger partial charge in [0.25, 0.3) is 0 Å². The molecular weight excluding hydrogens is 288 g/mol. The van der Waals surface area contributed by atoms with Crippen molar-refractivity contribution < 1.29 is 14.3 Å². The first-order chi connectivity index (χ1) is 10.9. The fourth-order valence-corrected chi connectivity index (χ4v) is 5.54. The summed E-state index contributed by atoms with van der Waals surface area (Å²) in [5.74, 6) is 1.48. The quantitative estimate of drug-likeness (QED) is 0.559. The van der Waals surface area contributed by atoms with E-state index in [-0.39, 0.29) is 12.2 Å². The third kappa shape index (κ3) is 2.68. The van der Waals surface area contributed by atoms with Crippen LogP contribution in [0.3, 0.4) is 0 Å². The molecule has 3 fully saturated rings. The number of nitrogens with one attached hydrogen (secondary N) is 1. The van der Waals surface area contributed by atoms with Crippen LogP contribution in [0.2, 0.25) is 0 Å². The molecule has 0 spiro atoms. The number of ether oxygens (including phenoxy) is 1. The molecule has 1 saturated heterocycles. The van der Waals surface area contributed by atoms with Gasteiger partial charge in [0.2, 0.25) is 0 Å². The van der Waals surface area contributed by atoms with Crippen molar-refractivity contribution >= 4 is 0 Å². The maximum atomic E-state index is 9.61. The van der Waals surface area contributed by atoms with E-state index in [2.05, 4.69) is 32.7 Å². The second-order valence-electron chi connectivity index (χ2n) is 8.71. The molecule has 1 aliphatic heterocycles. The van der Waals surface area contributed by atoms with E-state index < -0.39 is 0 Å². The summed E-state index contributed by atoms with van der Waals surface area (Å²) in [4.78, 5) is 0. The minimum absolute atomic E-state index is 0.0761. The molecule has 1 heterocycles. The highest BCUT2D eigenvalue weighted by molar-refractivity contribution is 5.22. The number of nitrogens with zero attached hydrogens (tertiary/aromatic N) is 1. The van der Waals surface area contributed by atoms with Crippen LogP contribution in [0.1, 0.15) is 46.5 Å². The Morgan fingerprint density at radius 2 is 2.17 bits per heavy atom. The topological polar surface area (TPSA) is 41.5 Å². The van der Waals surface area contributed by atoms with Crippen molar-refractivity contribution in [1.29, 1.82) is 0 Å². The zero-order valence-corrected chi connectivity index (χ0v) is 15.2. The van der Waals surface area contributed by atoms with Gasteiger partial charge in [0.1, 0.15) is 12.7 Å². The van der Waals surface area contributed by atoms with E-state index in [4.69, 9.17) is 4.74 Å². The molecule has 5 unspecified atom stereocenters. The van der Waals surface area contributed by atoms with Crippen LogP contribution in [0.25, 0.3) is 0 Å². The first-order valence-corrected chi connectivity index (χ1v) is 9.37. The number of quaternary nitrogens is 1. The Kier molecular flexibility index (Phi) is 4.65. The molecular formula is C19H35N2O2+. The maximum absolute atomic E-state index is 9.61. The van der Waals surface area contributed by atoms with Crippen molar-refractivity contribution in [2.45, 2.75) is 58.2 Å². The molecule has 4 nitrogen and oxygen atoms in total. The Labute approximate surface area is 141 Å². The van der Waals surface area contributed by atoms with Crippen molar-refractivity contribution in [2.24, 2.45) is 17.3 Å². The number of fused-ring (bicyclic) bond motifs is 1. The average Bonchev–Trinajstić information content (AvgIpc) is 2.79. The summed E-state index contributed by atoms with van der Waals surface area (Å²) in [6, 6.07) is 0. The highest BCUT2D eigenvalue weighted by Crippen LogP contribution is 2.71.